The molecule has 118 valence electrons. The molecule has 0 spiro atoms. The van der Waals surface area contributed by atoms with E-state index in [9.17, 15) is 0 Å². The van der Waals surface area contributed by atoms with Crippen LogP contribution in [0.4, 0.5) is 5.69 Å². The van der Waals surface area contributed by atoms with Gasteiger partial charge in [0.15, 0.2) is 0 Å². The Morgan fingerprint density at radius 1 is 0.917 bits per heavy atom. The number of aryl methyl sites for hydroxylation is 1. The number of aromatic nitrogens is 1. The molecule has 1 aromatic heterocycles. The van der Waals surface area contributed by atoms with Crippen LogP contribution in [0.15, 0.2) is 76.2 Å². The Morgan fingerprint density at radius 2 is 1.67 bits per heavy atom. The first-order valence-corrected chi connectivity index (χ1v) is 8.86. The van der Waals surface area contributed by atoms with Crippen molar-refractivity contribution in [1.82, 2.24) is 4.57 Å². The fourth-order valence-electron chi connectivity index (χ4n) is 3.17. The zero-order valence-corrected chi connectivity index (χ0v) is 15.0. The van der Waals surface area contributed by atoms with E-state index in [2.05, 4.69) is 74.9 Å². The molecule has 0 aliphatic rings. The van der Waals surface area contributed by atoms with Gasteiger partial charge in [0.25, 0.3) is 0 Å². The van der Waals surface area contributed by atoms with Crippen molar-refractivity contribution in [2.45, 2.75) is 13.5 Å². The van der Waals surface area contributed by atoms with Gasteiger partial charge in [-0.3, -0.25) is 4.99 Å². The number of aliphatic imine (C=N–C) groups is 1. The highest BCUT2D eigenvalue weighted by atomic mass is 79.9. The summed E-state index contributed by atoms with van der Waals surface area (Å²) in [6.07, 6.45) is 1.93. The standard InChI is InChI=1S/C21H17BrN2/c1-2-24-20-6-4-3-5-18(20)19-13-15(7-12-21(19)24)14-23-17-10-8-16(22)9-11-17/h3-14H,2H2,1H3. The van der Waals surface area contributed by atoms with E-state index in [1.54, 1.807) is 0 Å². The quantitative estimate of drug-likeness (QED) is 0.371. The number of hydrogen-bond acceptors (Lipinski definition) is 1. The summed E-state index contributed by atoms with van der Waals surface area (Å²) in [5.41, 5.74) is 4.63. The molecule has 0 radical (unpaired) electrons. The SMILES string of the molecule is CCn1c2ccccc2c2cc(C=Nc3ccc(Br)cc3)ccc21. The summed E-state index contributed by atoms with van der Waals surface area (Å²) in [7, 11) is 0. The van der Waals surface area contributed by atoms with E-state index in [1.165, 1.54) is 21.8 Å². The molecule has 0 saturated heterocycles. The highest BCUT2D eigenvalue weighted by Crippen LogP contribution is 2.29. The average Bonchev–Trinajstić information content (AvgIpc) is 2.94. The van der Waals surface area contributed by atoms with E-state index in [0.717, 1.165) is 22.3 Å². The number of benzene rings is 3. The van der Waals surface area contributed by atoms with E-state index >= 15 is 0 Å². The molecular formula is C21H17BrN2. The van der Waals surface area contributed by atoms with Crippen LogP contribution >= 0.6 is 15.9 Å². The lowest BCUT2D eigenvalue weighted by molar-refractivity contribution is 0.827. The van der Waals surface area contributed by atoms with Gasteiger partial charge in [0.2, 0.25) is 0 Å². The topological polar surface area (TPSA) is 17.3 Å². The Morgan fingerprint density at radius 3 is 2.46 bits per heavy atom. The molecule has 0 fully saturated rings. The second kappa shape index (κ2) is 6.25. The summed E-state index contributed by atoms with van der Waals surface area (Å²) in [6.45, 7) is 3.16. The van der Waals surface area contributed by atoms with Crippen LogP contribution in [0.2, 0.25) is 0 Å². The van der Waals surface area contributed by atoms with E-state index in [1.807, 2.05) is 30.5 Å². The summed E-state index contributed by atoms with van der Waals surface area (Å²) in [4.78, 5) is 4.58. The summed E-state index contributed by atoms with van der Waals surface area (Å²) in [5.74, 6) is 0. The van der Waals surface area contributed by atoms with Gasteiger partial charge in [0.1, 0.15) is 0 Å². The normalized spacial score (nSPS) is 11.8. The van der Waals surface area contributed by atoms with E-state index in [-0.39, 0.29) is 0 Å². The number of halogens is 1. The molecule has 0 aliphatic carbocycles. The van der Waals surface area contributed by atoms with Crippen molar-refractivity contribution in [1.29, 1.82) is 0 Å². The molecule has 0 atom stereocenters. The number of nitrogens with zero attached hydrogens (tertiary/aromatic N) is 2. The second-order valence-corrected chi connectivity index (χ2v) is 6.69. The van der Waals surface area contributed by atoms with Gasteiger partial charge in [-0.15, -0.1) is 0 Å². The Labute approximate surface area is 149 Å². The summed E-state index contributed by atoms with van der Waals surface area (Å²) < 4.78 is 3.43. The Hall–Kier alpha value is -2.39. The molecule has 4 rings (SSSR count). The molecule has 0 aliphatic heterocycles. The van der Waals surface area contributed by atoms with E-state index in [4.69, 9.17) is 0 Å². The lowest BCUT2D eigenvalue weighted by Gasteiger charge is -2.02. The first-order valence-electron chi connectivity index (χ1n) is 8.07. The van der Waals surface area contributed by atoms with Crippen molar-refractivity contribution in [2.24, 2.45) is 4.99 Å². The van der Waals surface area contributed by atoms with Crippen molar-refractivity contribution in [2.75, 3.05) is 0 Å². The molecule has 3 aromatic carbocycles. The lowest BCUT2D eigenvalue weighted by atomic mass is 10.1. The Kier molecular flexibility index (Phi) is 3.95. The Bertz CT molecular complexity index is 1040. The van der Waals surface area contributed by atoms with Crippen LogP contribution in [0.1, 0.15) is 12.5 Å². The Balaban J connectivity index is 1.80. The number of hydrogen-bond donors (Lipinski definition) is 0. The predicted molar refractivity (Wildman–Crippen MR) is 107 cm³/mol. The third-order valence-electron chi connectivity index (χ3n) is 4.30. The molecular weight excluding hydrogens is 360 g/mol. The molecule has 2 nitrogen and oxygen atoms in total. The van der Waals surface area contributed by atoms with Crippen molar-refractivity contribution in [3.63, 3.8) is 0 Å². The predicted octanol–water partition coefficient (Wildman–Crippen LogP) is 6.33. The van der Waals surface area contributed by atoms with Crippen LogP contribution in [0.25, 0.3) is 21.8 Å². The third-order valence-corrected chi connectivity index (χ3v) is 4.83. The fourth-order valence-corrected chi connectivity index (χ4v) is 3.43. The van der Waals surface area contributed by atoms with Gasteiger partial charge >= 0.3 is 0 Å². The van der Waals surface area contributed by atoms with Gasteiger partial charge in [-0.2, -0.15) is 0 Å². The first-order chi connectivity index (χ1) is 11.8. The molecule has 4 aromatic rings. The van der Waals surface area contributed by atoms with E-state index < -0.39 is 0 Å². The first kappa shape index (κ1) is 15.2. The smallest absolute Gasteiger partial charge is 0.0630 e. The summed E-state index contributed by atoms with van der Waals surface area (Å²) in [6, 6.07) is 23.2. The van der Waals surface area contributed by atoms with Crippen LogP contribution in [0, 0.1) is 0 Å². The monoisotopic (exact) mass is 376 g/mol. The fraction of sp³-hybridized carbons (Fsp3) is 0.0952. The zero-order valence-electron chi connectivity index (χ0n) is 13.4. The molecule has 3 heteroatoms. The molecule has 1 heterocycles. The van der Waals surface area contributed by atoms with Crippen molar-refractivity contribution in [3.05, 3.63) is 76.8 Å². The molecule has 0 saturated carbocycles. The maximum atomic E-state index is 4.58. The van der Waals surface area contributed by atoms with E-state index in [0.29, 0.717) is 0 Å². The van der Waals surface area contributed by atoms with Gasteiger partial charge in [0, 0.05) is 39.0 Å². The van der Waals surface area contributed by atoms with Gasteiger partial charge in [-0.25, -0.2) is 0 Å². The van der Waals surface area contributed by atoms with Crippen LogP contribution in [-0.4, -0.2) is 10.8 Å². The van der Waals surface area contributed by atoms with Crippen molar-refractivity contribution < 1.29 is 0 Å². The molecule has 0 bridgehead atoms. The van der Waals surface area contributed by atoms with Crippen molar-refractivity contribution in [3.8, 4) is 0 Å². The van der Waals surface area contributed by atoms with Crippen molar-refractivity contribution >= 4 is 49.6 Å². The summed E-state index contributed by atoms with van der Waals surface area (Å²) in [5, 5.41) is 2.58. The maximum absolute atomic E-state index is 4.58. The third kappa shape index (κ3) is 2.65. The number of rotatable bonds is 3. The largest absolute Gasteiger partial charge is 0.341 e. The lowest BCUT2D eigenvalue weighted by Crippen LogP contribution is -1.92. The van der Waals surface area contributed by atoms with Crippen LogP contribution in [0.5, 0.6) is 0 Å². The number of fused-ring (bicyclic) bond motifs is 3. The second-order valence-electron chi connectivity index (χ2n) is 5.77. The molecule has 0 amide bonds. The average molecular weight is 377 g/mol. The van der Waals surface area contributed by atoms with Crippen LogP contribution < -0.4 is 0 Å². The van der Waals surface area contributed by atoms with Crippen LogP contribution in [0.3, 0.4) is 0 Å². The highest BCUT2D eigenvalue weighted by Gasteiger charge is 2.08. The van der Waals surface area contributed by atoms with Gasteiger partial charge < -0.3 is 4.57 Å². The van der Waals surface area contributed by atoms with Gasteiger partial charge in [0.05, 0.1) is 5.69 Å². The van der Waals surface area contributed by atoms with Gasteiger partial charge in [-0.1, -0.05) is 40.2 Å². The highest BCUT2D eigenvalue weighted by molar-refractivity contribution is 9.10. The minimum atomic E-state index is 0.953. The minimum absolute atomic E-state index is 0.953. The molecule has 0 unspecified atom stereocenters. The summed E-state index contributed by atoms with van der Waals surface area (Å²) >= 11 is 3.45. The van der Waals surface area contributed by atoms with Crippen LogP contribution in [-0.2, 0) is 6.54 Å². The van der Waals surface area contributed by atoms with Gasteiger partial charge in [-0.05, 0) is 55.0 Å². The zero-order chi connectivity index (χ0) is 16.5. The molecule has 0 N–H and O–H groups in total. The maximum Gasteiger partial charge on any atom is 0.0630 e. The minimum Gasteiger partial charge on any atom is -0.341 e. The number of para-hydroxylation sites is 1. The molecule has 24 heavy (non-hydrogen) atoms.